The second-order valence-corrected chi connectivity index (χ2v) is 5.84. The minimum Gasteiger partial charge on any atom is -0.310 e. The van der Waals surface area contributed by atoms with Gasteiger partial charge in [0.25, 0.3) is 0 Å². The van der Waals surface area contributed by atoms with Crippen LogP contribution >= 0.6 is 0 Å². The summed E-state index contributed by atoms with van der Waals surface area (Å²) < 4.78 is 0. The van der Waals surface area contributed by atoms with E-state index in [1.54, 1.807) is 0 Å². The van der Waals surface area contributed by atoms with Gasteiger partial charge in [0.05, 0.1) is 0 Å². The van der Waals surface area contributed by atoms with Gasteiger partial charge in [0, 0.05) is 18.6 Å². The van der Waals surface area contributed by atoms with Gasteiger partial charge in [-0.25, -0.2) is 0 Å². The van der Waals surface area contributed by atoms with Gasteiger partial charge in [0.15, 0.2) is 0 Å². The molecule has 1 aliphatic rings. The maximum Gasteiger partial charge on any atom is 0.0169 e. The standard InChI is InChI=1S/C14H30N2/c1-5-6-13-7-9-14(10-8-13)15-12(2)11-16(3)4/h12-15H,5-11H2,1-4H3. The molecule has 0 heterocycles. The van der Waals surface area contributed by atoms with Gasteiger partial charge in [0.1, 0.15) is 0 Å². The van der Waals surface area contributed by atoms with Crippen molar-refractivity contribution in [1.82, 2.24) is 10.2 Å². The first-order valence-electron chi connectivity index (χ1n) is 7.02. The van der Waals surface area contributed by atoms with Gasteiger partial charge in [-0.3, -0.25) is 0 Å². The third-order valence-electron chi connectivity index (χ3n) is 3.70. The molecule has 0 amide bonds. The Balaban J connectivity index is 2.16. The Bertz CT molecular complexity index is 172. The van der Waals surface area contributed by atoms with E-state index in [1.807, 2.05) is 0 Å². The molecule has 1 aliphatic carbocycles. The summed E-state index contributed by atoms with van der Waals surface area (Å²) in [5.74, 6) is 1.02. The quantitative estimate of drug-likeness (QED) is 0.749. The maximum atomic E-state index is 3.77. The van der Waals surface area contributed by atoms with Crippen LogP contribution < -0.4 is 5.32 Å². The zero-order valence-corrected chi connectivity index (χ0v) is 11.6. The van der Waals surface area contributed by atoms with Crippen LogP contribution in [0.1, 0.15) is 52.4 Å². The molecule has 16 heavy (non-hydrogen) atoms. The molecule has 1 saturated carbocycles. The van der Waals surface area contributed by atoms with Crippen molar-refractivity contribution >= 4 is 0 Å². The topological polar surface area (TPSA) is 15.3 Å². The number of hydrogen-bond donors (Lipinski definition) is 1. The predicted octanol–water partition coefficient (Wildman–Crippen LogP) is 2.89. The van der Waals surface area contributed by atoms with Crippen LogP contribution in [0, 0.1) is 5.92 Å². The van der Waals surface area contributed by atoms with E-state index in [2.05, 4.69) is 38.2 Å². The lowest BCUT2D eigenvalue weighted by molar-refractivity contribution is 0.249. The number of hydrogen-bond acceptors (Lipinski definition) is 2. The van der Waals surface area contributed by atoms with E-state index in [1.165, 1.54) is 38.5 Å². The van der Waals surface area contributed by atoms with Crippen molar-refractivity contribution in [1.29, 1.82) is 0 Å². The first-order chi connectivity index (χ1) is 7.61. The molecule has 0 aliphatic heterocycles. The lowest BCUT2D eigenvalue weighted by atomic mass is 9.83. The van der Waals surface area contributed by atoms with E-state index in [9.17, 15) is 0 Å². The van der Waals surface area contributed by atoms with Crippen molar-refractivity contribution in [2.75, 3.05) is 20.6 Å². The smallest absolute Gasteiger partial charge is 0.0169 e. The van der Waals surface area contributed by atoms with Crippen molar-refractivity contribution in [3.8, 4) is 0 Å². The Labute approximate surface area is 102 Å². The Hall–Kier alpha value is -0.0800. The van der Waals surface area contributed by atoms with Gasteiger partial charge in [0.2, 0.25) is 0 Å². The molecular formula is C14H30N2. The van der Waals surface area contributed by atoms with Gasteiger partial charge in [-0.15, -0.1) is 0 Å². The number of nitrogens with zero attached hydrogens (tertiary/aromatic N) is 1. The predicted molar refractivity (Wildman–Crippen MR) is 71.8 cm³/mol. The van der Waals surface area contributed by atoms with Gasteiger partial charge in [-0.1, -0.05) is 19.8 Å². The number of rotatable bonds is 6. The Kier molecular flexibility index (Phi) is 6.37. The van der Waals surface area contributed by atoms with Crippen molar-refractivity contribution in [3.63, 3.8) is 0 Å². The highest BCUT2D eigenvalue weighted by molar-refractivity contribution is 4.79. The van der Waals surface area contributed by atoms with Crippen LogP contribution in [0.25, 0.3) is 0 Å². The van der Waals surface area contributed by atoms with Gasteiger partial charge < -0.3 is 10.2 Å². The molecule has 0 saturated heterocycles. The largest absolute Gasteiger partial charge is 0.310 e. The van der Waals surface area contributed by atoms with Crippen LogP contribution in [0.15, 0.2) is 0 Å². The third-order valence-corrected chi connectivity index (χ3v) is 3.70. The van der Waals surface area contributed by atoms with E-state index in [0.29, 0.717) is 6.04 Å². The Morgan fingerprint density at radius 2 is 1.81 bits per heavy atom. The van der Waals surface area contributed by atoms with Crippen LogP contribution in [-0.2, 0) is 0 Å². The zero-order valence-electron chi connectivity index (χ0n) is 11.6. The fourth-order valence-corrected chi connectivity index (χ4v) is 3.03. The summed E-state index contributed by atoms with van der Waals surface area (Å²) >= 11 is 0. The lowest BCUT2D eigenvalue weighted by Crippen LogP contribution is -2.43. The minimum absolute atomic E-state index is 0.628. The molecule has 0 aromatic rings. The summed E-state index contributed by atoms with van der Waals surface area (Å²) in [7, 11) is 4.30. The van der Waals surface area contributed by atoms with Crippen LogP contribution in [0.5, 0.6) is 0 Å². The summed E-state index contributed by atoms with van der Waals surface area (Å²) in [5.41, 5.74) is 0. The second-order valence-electron chi connectivity index (χ2n) is 5.84. The van der Waals surface area contributed by atoms with Gasteiger partial charge >= 0.3 is 0 Å². The molecule has 0 aromatic heterocycles. The lowest BCUT2D eigenvalue weighted by Gasteiger charge is -2.32. The maximum absolute atomic E-state index is 3.77. The third kappa shape index (κ3) is 5.31. The van der Waals surface area contributed by atoms with Crippen molar-refractivity contribution in [2.45, 2.75) is 64.5 Å². The van der Waals surface area contributed by atoms with Crippen LogP contribution in [-0.4, -0.2) is 37.6 Å². The first kappa shape index (κ1) is 14.0. The minimum atomic E-state index is 0.628. The van der Waals surface area contributed by atoms with E-state index in [-0.39, 0.29) is 0 Å². The van der Waals surface area contributed by atoms with Crippen LogP contribution in [0.3, 0.4) is 0 Å². The Morgan fingerprint density at radius 3 is 2.31 bits per heavy atom. The summed E-state index contributed by atoms with van der Waals surface area (Å²) in [6, 6.07) is 1.41. The molecule has 1 unspecified atom stereocenters. The monoisotopic (exact) mass is 226 g/mol. The SMILES string of the molecule is CCCC1CCC(NC(C)CN(C)C)CC1. The molecule has 2 nitrogen and oxygen atoms in total. The van der Waals surface area contributed by atoms with E-state index < -0.39 is 0 Å². The number of likely N-dealkylation sites (N-methyl/N-ethyl adjacent to an activating group) is 1. The summed E-state index contributed by atoms with van der Waals surface area (Å²) in [6.45, 7) is 5.76. The van der Waals surface area contributed by atoms with Gasteiger partial charge in [-0.05, 0) is 52.6 Å². The average Bonchev–Trinajstić information content (AvgIpc) is 2.20. The number of nitrogens with one attached hydrogen (secondary N) is 1. The fourth-order valence-electron chi connectivity index (χ4n) is 3.03. The second kappa shape index (κ2) is 7.29. The summed E-state index contributed by atoms with van der Waals surface area (Å²) in [5, 5.41) is 3.77. The molecule has 1 N–H and O–H groups in total. The zero-order chi connectivity index (χ0) is 12.0. The molecule has 0 spiro atoms. The van der Waals surface area contributed by atoms with Crippen molar-refractivity contribution in [2.24, 2.45) is 5.92 Å². The molecular weight excluding hydrogens is 196 g/mol. The molecule has 0 radical (unpaired) electrons. The molecule has 0 bridgehead atoms. The molecule has 1 fully saturated rings. The normalized spacial score (nSPS) is 28.3. The highest BCUT2D eigenvalue weighted by Crippen LogP contribution is 2.27. The molecule has 1 rings (SSSR count). The molecule has 96 valence electrons. The van der Waals surface area contributed by atoms with Crippen molar-refractivity contribution in [3.05, 3.63) is 0 Å². The highest BCUT2D eigenvalue weighted by Gasteiger charge is 2.21. The van der Waals surface area contributed by atoms with E-state index >= 15 is 0 Å². The highest BCUT2D eigenvalue weighted by atomic mass is 15.1. The van der Waals surface area contributed by atoms with Crippen LogP contribution in [0.4, 0.5) is 0 Å². The molecule has 0 aromatic carbocycles. The van der Waals surface area contributed by atoms with E-state index in [4.69, 9.17) is 0 Å². The summed E-state index contributed by atoms with van der Waals surface area (Å²) in [6.07, 6.45) is 8.48. The van der Waals surface area contributed by atoms with Crippen LogP contribution in [0.2, 0.25) is 0 Å². The first-order valence-corrected chi connectivity index (χ1v) is 7.02. The summed E-state index contributed by atoms with van der Waals surface area (Å²) in [4.78, 5) is 2.26. The fraction of sp³-hybridized carbons (Fsp3) is 1.00. The van der Waals surface area contributed by atoms with Crippen molar-refractivity contribution < 1.29 is 0 Å². The average molecular weight is 226 g/mol. The van der Waals surface area contributed by atoms with E-state index in [0.717, 1.165) is 18.5 Å². The van der Waals surface area contributed by atoms with Gasteiger partial charge in [-0.2, -0.15) is 0 Å². The Morgan fingerprint density at radius 1 is 1.19 bits per heavy atom. The molecule has 1 atom stereocenters. The molecule has 2 heteroatoms.